The topological polar surface area (TPSA) is 8.17 Å². The second kappa shape index (κ2) is 9.66. The lowest BCUT2D eigenvalue weighted by Crippen LogP contribution is -2.11. The molecular formula is C37H28N2. The van der Waals surface area contributed by atoms with E-state index in [1.165, 1.54) is 44.2 Å². The number of fused-ring (bicyclic) bond motifs is 3. The van der Waals surface area contributed by atoms with Gasteiger partial charge in [0.2, 0.25) is 0 Å². The lowest BCUT2D eigenvalue weighted by Gasteiger charge is -2.27. The summed E-state index contributed by atoms with van der Waals surface area (Å²) in [6.45, 7) is 2.17. The molecule has 0 spiro atoms. The molecule has 7 rings (SSSR count). The molecular weight excluding hydrogens is 472 g/mol. The van der Waals surface area contributed by atoms with Crippen molar-refractivity contribution in [3.63, 3.8) is 0 Å². The number of anilines is 3. The smallest absolute Gasteiger partial charge is 0.0541 e. The van der Waals surface area contributed by atoms with Crippen LogP contribution >= 0.6 is 0 Å². The van der Waals surface area contributed by atoms with E-state index in [2.05, 4.69) is 168 Å². The van der Waals surface area contributed by atoms with Crippen LogP contribution < -0.4 is 4.90 Å². The van der Waals surface area contributed by atoms with E-state index in [0.29, 0.717) is 0 Å². The monoisotopic (exact) mass is 500 g/mol. The normalized spacial score (nSPS) is 11.2. The van der Waals surface area contributed by atoms with Gasteiger partial charge in [0, 0.05) is 33.5 Å². The minimum atomic E-state index is 1.13. The van der Waals surface area contributed by atoms with E-state index in [1.807, 2.05) is 0 Å². The van der Waals surface area contributed by atoms with Gasteiger partial charge in [0.15, 0.2) is 0 Å². The van der Waals surface area contributed by atoms with Crippen LogP contribution in [0.1, 0.15) is 5.56 Å². The van der Waals surface area contributed by atoms with Crippen LogP contribution in [0.2, 0.25) is 0 Å². The fourth-order valence-electron chi connectivity index (χ4n) is 5.67. The Morgan fingerprint density at radius 3 is 1.74 bits per heavy atom. The van der Waals surface area contributed by atoms with E-state index in [4.69, 9.17) is 0 Å². The van der Waals surface area contributed by atoms with E-state index in [0.717, 1.165) is 17.1 Å². The quantitative estimate of drug-likeness (QED) is 0.228. The van der Waals surface area contributed by atoms with Gasteiger partial charge in [-0.15, -0.1) is 0 Å². The molecule has 6 aromatic carbocycles. The molecule has 2 nitrogen and oxygen atoms in total. The first-order valence-electron chi connectivity index (χ1n) is 13.4. The highest BCUT2D eigenvalue weighted by atomic mass is 15.1. The fraction of sp³-hybridized carbons (Fsp3) is 0.0270. The fourth-order valence-corrected chi connectivity index (χ4v) is 5.67. The standard InChI is InChI=1S/C37H28N2/c1-27-13-5-8-22-35(27)38(30-16-3-2-4-17-30)31-18-11-14-28(25-31)29-15-12-19-32(26-29)39-36-23-9-6-20-33(36)34-21-7-10-24-37(34)39/h2-26H,1H3. The van der Waals surface area contributed by atoms with Gasteiger partial charge in [-0.1, -0.05) is 97.1 Å². The first-order valence-corrected chi connectivity index (χ1v) is 13.4. The molecule has 1 aromatic heterocycles. The third-order valence-corrected chi connectivity index (χ3v) is 7.49. The molecule has 0 aliphatic rings. The molecule has 39 heavy (non-hydrogen) atoms. The molecule has 186 valence electrons. The molecule has 0 radical (unpaired) electrons. The molecule has 7 aromatic rings. The number of benzene rings is 6. The van der Waals surface area contributed by atoms with Gasteiger partial charge >= 0.3 is 0 Å². The van der Waals surface area contributed by atoms with Crippen molar-refractivity contribution in [2.24, 2.45) is 0 Å². The van der Waals surface area contributed by atoms with E-state index >= 15 is 0 Å². The Bertz CT molecular complexity index is 1880. The summed E-state index contributed by atoms with van der Waals surface area (Å²) in [7, 11) is 0. The Morgan fingerprint density at radius 1 is 0.462 bits per heavy atom. The predicted octanol–water partition coefficient (Wildman–Crippen LogP) is 10.2. The van der Waals surface area contributed by atoms with Crippen LogP contribution in [0.25, 0.3) is 38.6 Å². The summed E-state index contributed by atoms with van der Waals surface area (Å²) in [6, 6.07) is 54.2. The second-order valence-electron chi connectivity index (χ2n) is 9.93. The third kappa shape index (κ3) is 4.07. The summed E-state index contributed by atoms with van der Waals surface area (Å²) in [5.74, 6) is 0. The molecule has 0 saturated carbocycles. The molecule has 0 aliphatic heterocycles. The maximum atomic E-state index is 2.38. The van der Waals surface area contributed by atoms with Gasteiger partial charge in [-0.2, -0.15) is 0 Å². The summed E-state index contributed by atoms with van der Waals surface area (Å²) in [4.78, 5) is 2.34. The van der Waals surface area contributed by atoms with Crippen molar-refractivity contribution in [2.45, 2.75) is 6.92 Å². The van der Waals surface area contributed by atoms with Gasteiger partial charge in [-0.25, -0.2) is 0 Å². The maximum Gasteiger partial charge on any atom is 0.0541 e. The predicted molar refractivity (Wildman–Crippen MR) is 166 cm³/mol. The van der Waals surface area contributed by atoms with Gasteiger partial charge in [0.05, 0.1) is 11.0 Å². The molecule has 0 bridgehead atoms. The Labute approximate surface area is 229 Å². The summed E-state index contributed by atoms with van der Waals surface area (Å²) in [5, 5.41) is 2.55. The lowest BCUT2D eigenvalue weighted by molar-refractivity contribution is 1.18. The Morgan fingerprint density at radius 2 is 1.03 bits per heavy atom. The molecule has 1 heterocycles. The summed E-state index contributed by atoms with van der Waals surface area (Å²) in [5.41, 5.74) is 10.7. The highest BCUT2D eigenvalue weighted by Crippen LogP contribution is 2.38. The van der Waals surface area contributed by atoms with Crippen molar-refractivity contribution in [1.29, 1.82) is 0 Å². The van der Waals surface area contributed by atoms with Crippen LogP contribution in [0.3, 0.4) is 0 Å². The van der Waals surface area contributed by atoms with Crippen LogP contribution in [-0.2, 0) is 0 Å². The van der Waals surface area contributed by atoms with E-state index < -0.39 is 0 Å². The van der Waals surface area contributed by atoms with Gasteiger partial charge < -0.3 is 9.47 Å². The first-order chi connectivity index (χ1) is 19.3. The van der Waals surface area contributed by atoms with Crippen molar-refractivity contribution in [1.82, 2.24) is 4.57 Å². The number of aromatic nitrogens is 1. The summed E-state index contributed by atoms with van der Waals surface area (Å²) >= 11 is 0. The number of aryl methyl sites for hydroxylation is 1. The van der Waals surface area contributed by atoms with Crippen LogP contribution in [0.15, 0.2) is 152 Å². The highest BCUT2D eigenvalue weighted by Gasteiger charge is 2.16. The summed E-state index contributed by atoms with van der Waals surface area (Å²) < 4.78 is 2.38. The van der Waals surface area contributed by atoms with Crippen molar-refractivity contribution >= 4 is 38.9 Å². The molecule has 0 saturated heterocycles. The largest absolute Gasteiger partial charge is 0.310 e. The average Bonchev–Trinajstić information content (AvgIpc) is 3.34. The Kier molecular flexibility index (Phi) is 5.71. The van der Waals surface area contributed by atoms with Crippen LogP contribution in [0.4, 0.5) is 17.1 Å². The number of nitrogens with zero attached hydrogens (tertiary/aromatic N) is 2. The molecule has 0 unspecified atom stereocenters. The van der Waals surface area contributed by atoms with Crippen LogP contribution in [0, 0.1) is 6.92 Å². The first kappa shape index (κ1) is 23.1. The van der Waals surface area contributed by atoms with Crippen molar-refractivity contribution in [2.75, 3.05) is 4.90 Å². The minimum absolute atomic E-state index is 1.13. The van der Waals surface area contributed by atoms with Gasteiger partial charge in [-0.05, 0) is 78.2 Å². The van der Waals surface area contributed by atoms with Crippen molar-refractivity contribution in [3.05, 3.63) is 157 Å². The zero-order chi connectivity index (χ0) is 26.2. The number of hydrogen-bond donors (Lipinski definition) is 0. The maximum absolute atomic E-state index is 2.38. The van der Waals surface area contributed by atoms with Crippen LogP contribution in [0.5, 0.6) is 0 Å². The van der Waals surface area contributed by atoms with E-state index in [9.17, 15) is 0 Å². The van der Waals surface area contributed by atoms with Gasteiger partial charge in [0.25, 0.3) is 0 Å². The highest BCUT2D eigenvalue weighted by molar-refractivity contribution is 6.09. The Balaban J connectivity index is 1.37. The second-order valence-corrected chi connectivity index (χ2v) is 9.93. The molecule has 0 N–H and O–H groups in total. The molecule has 0 aliphatic carbocycles. The summed E-state index contributed by atoms with van der Waals surface area (Å²) in [6.07, 6.45) is 0. The molecule has 0 fully saturated rings. The van der Waals surface area contributed by atoms with E-state index in [-0.39, 0.29) is 0 Å². The number of para-hydroxylation sites is 4. The van der Waals surface area contributed by atoms with Gasteiger partial charge in [0.1, 0.15) is 0 Å². The van der Waals surface area contributed by atoms with Crippen molar-refractivity contribution < 1.29 is 0 Å². The van der Waals surface area contributed by atoms with Gasteiger partial charge in [-0.3, -0.25) is 0 Å². The van der Waals surface area contributed by atoms with Crippen LogP contribution in [-0.4, -0.2) is 4.57 Å². The zero-order valence-electron chi connectivity index (χ0n) is 21.8. The molecule has 2 heteroatoms. The Hall–Kier alpha value is -5.08. The molecule has 0 atom stereocenters. The minimum Gasteiger partial charge on any atom is -0.310 e. The SMILES string of the molecule is Cc1ccccc1N(c1ccccc1)c1cccc(-c2cccc(-n3c4ccccc4c4ccccc43)c2)c1. The van der Waals surface area contributed by atoms with E-state index in [1.54, 1.807) is 0 Å². The zero-order valence-corrected chi connectivity index (χ0v) is 21.8. The van der Waals surface area contributed by atoms with Crippen molar-refractivity contribution in [3.8, 4) is 16.8 Å². The number of hydrogen-bond acceptors (Lipinski definition) is 1. The lowest BCUT2D eigenvalue weighted by atomic mass is 10.0. The average molecular weight is 501 g/mol. The third-order valence-electron chi connectivity index (χ3n) is 7.49. The molecule has 0 amide bonds. The number of rotatable bonds is 5.